The predicted molar refractivity (Wildman–Crippen MR) is 103 cm³/mol. The molecule has 3 aromatic rings. The molecule has 0 saturated carbocycles. The molecule has 31 heavy (non-hydrogen) atoms. The average molecular weight is 461 g/mol. The molecule has 13 heteroatoms. The summed E-state index contributed by atoms with van der Waals surface area (Å²) >= 11 is 5.97. The summed E-state index contributed by atoms with van der Waals surface area (Å²) in [7, 11) is 0. The third-order valence-corrected chi connectivity index (χ3v) is 5.26. The molecule has 0 unspecified atom stereocenters. The minimum absolute atomic E-state index is 0.0145. The van der Waals surface area contributed by atoms with Crippen LogP contribution >= 0.6 is 11.6 Å². The molecule has 4 rings (SSSR count). The first-order valence-corrected chi connectivity index (χ1v) is 9.36. The maximum absolute atomic E-state index is 13.4. The van der Waals surface area contributed by atoms with Crippen molar-refractivity contribution in [3.05, 3.63) is 28.8 Å². The number of fused-ring (bicyclic) bond motifs is 2. The molecule has 3 N–H and O–H groups in total. The number of aryl methyl sites for hydroxylation is 1. The number of hydrogen-bond donors (Lipinski definition) is 2. The standard InChI is InChI=1S/C18H14ClF5N6O/c1-7-11-13(25)26-15(27-14(11)28-16(7)31)12-9-3-2-8(19)6-10(9)30(29-12)5-4-17(20,21)18(22,23)24/h2-3,6-7H,4-5H2,1H3,(H3,25,26,27,28,31)/t7-/m1/s1. The highest BCUT2D eigenvalue weighted by molar-refractivity contribution is 6.31. The summed E-state index contributed by atoms with van der Waals surface area (Å²) in [6.45, 7) is 0.894. The molecule has 0 aliphatic carbocycles. The molecule has 0 radical (unpaired) electrons. The quantitative estimate of drug-likeness (QED) is 0.563. The van der Waals surface area contributed by atoms with Gasteiger partial charge in [-0.1, -0.05) is 11.6 Å². The van der Waals surface area contributed by atoms with E-state index in [2.05, 4.69) is 20.4 Å². The van der Waals surface area contributed by atoms with Crippen LogP contribution in [0.25, 0.3) is 22.4 Å². The van der Waals surface area contributed by atoms with Gasteiger partial charge in [0.25, 0.3) is 0 Å². The molecule has 0 spiro atoms. The fraction of sp³-hybridized carbons (Fsp3) is 0.333. The molecular formula is C18H14ClF5N6O. The summed E-state index contributed by atoms with van der Waals surface area (Å²) in [5.41, 5.74) is 6.72. The van der Waals surface area contributed by atoms with E-state index >= 15 is 0 Å². The smallest absolute Gasteiger partial charge is 0.383 e. The molecule has 1 aliphatic heterocycles. The van der Waals surface area contributed by atoms with Crippen molar-refractivity contribution < 1.29 is 26.7 Å². The average Bonchev–Trinajstić information content (AvgIpc) is 3.16. The number of aromatic nitrogens is 4. The lowest BCUT2D eigenvalue weighted by atomic mass is 10.1. The molecule has 2 aromatic heterocycles. The van der Waals surface area contributed by atoms with Crippen molar-refractivity contribution in [3.8, 4) is 11.5 Å². The number of nitrogens with one attached hydrogen (secondary N) is 1. The minimum atomic E-state index is -5.68. The molecule has 0 bridgehead atoms. The summed E-state index contributed by atoms with van der Waals surface area (Å²) in [5.74, 6) is -5.55. The predicted octanol–water partition coefficient (Wildman–Crippen LogP) is 4.37. The van der Waals surface area contributed by atoms with Crippen LogP contribution in [0.4, 0.5) is 33.6 Å². The second kappa shape index (κ2) is 7.01. The number of rotatable bonds is 4. The number of amides is 1. The van der Waals surface area contributed by atoms with Crippen LogP contribution in [0.15, 0.2) is 18.2 Å². The Kier molecular flexibility index (Phi) is 4.80. The molecule has 164 valence electrons. The molecule has 3 heterocycles. The summed E-state index contributed by atoms with van der Waals surface area (Å²) in [4.78, 5) is 20.3. The number of nitrogens with zero attached hydrogens (tertiary/aromatic N) is 4. The number of alkyl halides is 5. The number of halogens is 6. The van der Waals surface area contributed by atoms with Crippen molar-refractivity contribution in [2.75, 3.05) is 11.1 Å². The van der Waals surface area contributed by atoms with Gasteiger partial charge in [0.05, 0.1) is 11.4 Å². The Balaban J connectivity index is 1.80. The zero-order chi connectivity index (χ0) is 22.7. The van der Waals surface area contributed by atoms with Gasteiger partial charge >= 0.3 is 12.1 Å². The van der Waals surface area contributed by atoms with Crippen LogP contribution in [0.5, 0.6) is 0 Å². The molecule has 0 saturated heterocycles. The Morgan fingerprint density at radius 2 is 1.94 bits per heavy atom. The minimum Gasteiger partial charge on any atom is -0.383 e. The SMILES string of the molecule is C[C@H]1C(=O)Nc2nc(-c3nn(CCC(F)(F)C(F)(F)F)c4cc(Cl)ccc34)nc(N)c21. The fourth-order valence-electron chi connectivity index (χ4n) is 3.34. The second-order valence-corrected chi connectivity index (χ2v) is 7.53. The van der Waals surface area contributed by atoms with Crippen molar-refractivity contribution in [3.63, 3.8) is 0 Å². The molecule has 7 nitrogen and oxygen atoms in total. The largest absolute Gasteiger partial charge is 0.453 e. The maximum Gasteiger partial charge on any atom is 0.453 e. The van der Waals surface area contributed by atoms with E-state index in [-0.39, 0.29) is 39.6 Å². The first-order valence-electron chi connectivity index (χ1n) is 8.98. The lowest BCUT2D eigenvalue weighted by Gasteiger charge is -2.19. The summed E-state index contributed by atoms with van der Waals surface area (Å²) < 4.78 is 65.5. The van der Waals surface area contributed by atoms with Crippen molar-refractivity contribution >= 4 is 40.0 Å². The Hall–Kier alpha value is -3.02. The maximum atomic E-state index is 13.4. The summed E-state index contributed by atoms with van der Waals surface area (Å²) in [5, 5.41) is 7.33. The third-order valence-electron chi connectivity index (χ3n) is 5.02. The van der Waals surface area contributed by atoms with E-state index in [0.717, 1.165) is 4.68 Å². The van der Waals surface area contributed by atoms with E-state index in [0.29, 0.717) is 10.9 Å². The zero-order valence-corrected chi connectivity index (χ0v) is 16.5. The van der Waals surface area contributed by atoms with Gasteiger partial charge in [-0.25, -0.2) is 9.97 Å². The van der Waals surface area contributed by atoms with E-state index in [4.69, 9.17) is 17.3 Å². The first kappa shape index (κ1) is 21.2. The summed E-state index contributed by atoms with van der Waals surface area (Å²) in [6.07, 6.45) is -7.19. The zero-order valence-electron chi connectivity index (χ0n) is 15.8. The lowest BCUT2D eigenvalue weighted by molar-refractivity contribution is -0.285. The van der Waals surface area contributed by atoms with Gasteiger partial charge in [-0.2, -0.15) is 27.1 Å². The van der Waals surface area contributed by atoms with E-state index in [1.54, 1.807) is 6.92 Å². The van der Waals surface area contributed by atoms with Gasteiger partial charge in [-0.3, -0.25) is 9.48 Å². The van der Waals surface area contributed by atoms with E-state index in [1.807, 2.05) is 0 Å². The number of anilines is 2. The molecule has 1 aromatic carbocycles. The molecule has 0 fully saturated rings. The highest BCUT2D eigenvalue weighted by Crippen LogP contribution is 2.40. The van der Waals surface area contributed by atoms with E-state index in [9.17, 15) is 26.7 Å². The van der Waals surface area contributed by atoms with Gasteiger partial charge in [0.2, 0.25) is 5.91 Å². The Bertz CT molecular complexity index is 1210. The van der Waals surface area contributed by atoms with E-state index < -0.39 is 31.0 Å². The topological polar surface area (TPSA) is 98.7 Å². The highest BCUT2D eigenvalue weighted by atomic mass is 35.5. The van der Waals surface area contributed by atoms with Gasteiger partial charge < -0.3 is 11.1 Å². The number of carbonyl (C=O) groups is 1. The van der Waals surface area contributed by atoms with Crippen molar-refractivity contribution in [1.29, 1.82) is 0 Å². The summed E-state index contributed by atoms with van der Waals surface area (Å²) in [6, 6.07) is 4.41. The molecule has 1 atom stereocenters. The van der Waals surface area contributed by atoms with E-state index in [1.165, 1.54) is 18.2 Å². The molecular weight excluding hydrogens is 447 g/mol. The number of hydrogen-bond acceptors (Lipinski definition) is 5. The van der Waals surface area contributed by atoms with Gasteiger partial charge in [0.15, 0.2) is 5.82 Å². The third kappa shape index (κ3) is 3.54. The van der Waals surface area contributed by atoms with Gasteiger partial charge in [-0.05, 0) is 25.1 Å². The number of benzene rings is 1. The monoisotopic (exact) mass is 460 g/mol. The second-order valence-electron chi connectivity index (χ2n) is 7.09. The Morgan fingerprint density at radius 1 is 1.23 bits per heavy atom. The van der Waals surface area contributed by atoms with Crippen LogP contribution < -0.4 is 11.1 Å². The van der Waals surface area contributed by atoms with Crippen LogP contribution in [-0.4, -0.2) is 37.8 Å². The van der Waals surface area contributed by atoms with Crippen LogP contribution in [0, 0.1) is 0 Å². The fourth-order valence-corrected chi connectivity index (χ4v) is 3.51. The number of nitrogen functional groups attached to an aromatic ring is 1. The Labute approximate surface area is 176 Å². The molecule has 1 amide bonds. The van der Waals surface area contributed by atoms with Crippen LogP contribution in [-0.2, 0) is 11.3 Å². The normalized spacial score (nSPS) is 16.6. The Morgan fingerprint density at radius 3 is 2.61 bits per heavy atom. The number of carbonyl (C=O) groups excluding carboxylic acids is 1. The van der Waals surface area contributed by atoms with Gasteiger partial charge in [0.1, 0.15) is 17.3 Å². The van der Waals surface area contributed by atoms with Gasteiger partial charge in [0, 0.05) is 28.9 Å². The van der Waals surface area contributed by atoms with Crippen molar-refractivity contribution in [2.24, 2.45) is 0 Å². The molecule has 1 aliphatic rings. The van der Waals surface area contributed by atoms with Crippen molar-refractivity contribution in [1.82, 2.24) is 19.7 Å². The van der Waals surface area contributed by atoms with Gasteiger partial charge in [-0.15, -0.1) is 0 Å². The number of nitrogens with two attached hydrogens (primary N) is 1. The first-order chi connectivity index (χ1) is 14.4. The van der Waals surface area contributed by atoms with Crippen LogP contribution in [0.3, 0.4) is 0 Å². The van der Waals surface area contributed by atoms with Crippen molar-refractivity contribution in [2.45, 2.75) is 37.9 Å². The highest BCUT2D eigenvalue weighted by Gasteiger charge is 2.56. The van der Waals surface area contributed by atoms with Crippen LogP contribution in [0.2, 0.25) is 5.02 Å². The van der Waals surface area contributed by atoms with Crippen LogP contribution in [0.1, 0.15) is 24.8 Å². The lowest BCUT2D eigenvalue weighted by Crippen LogP contribution is -2.37.